The largest absolute Gasteiger partial charge is 0.399 e. The zero-order valence-corrected chi connectivity index (χ0v) is 10.6. The summed E-state index contributed by atoms with van der Waals surface area (Å²) in [5.74, 6) is -0.643. The van der Waals surface area contributed by atoms with E-state index in [0.717, 1.165) is 0 Å². The van der Waals surface area contributed by atoms with E-state index in [0.29, 0.717) is 5.01 Å². The number of nitro groups is 1. The van der Waals surface area contributed by atoms with Crippen molar-refractivity contribution in [2.75, 3.05) is 11.1 Å². The fourth-order valence-electron chi connectivity index (χ4n) is 1.41. The lowest BCUT2D eigenvalue weighted by atomic mass is 10.1. The normalized spacial score (nSPS) is 10.2. The third kappa shape index (κ3) is 2.83. The Hall–Kier alpha value is -2.55. The molecule has 3 N–H and O–H groups in total. The molecule has 8 nitrogen and oxygen atoms in total. The van der Waals surface area contributed by atoms with E-state index >= 15 is 0 Å². The number of nitrogens with zero attached hydrogens (tertiary/aromatic N) is 3. The van der Waals surface area contributed by atoms with Crippen LogP contribution in [-0.4, -0.2) is 21.0 Å². The van der Waals surface area contributed by atoms with E-state index in [4.69, 9.17) is 5.73 Å². The maximum Gasteiger partial charge on any atom is 0.282 e. The minimum absolute atomic E-state index is 0.113. The molecule has 1 aromatic carbocycles. The average Bonchev–Trinajstić information content (AvgIpc) is 2.74. The van der Waals surface area contributed by atoms with Crippen LogP contribution >= 0.6 is 11.3 Å². The van der Waals surface area contributed by atoms with Crippen LogP contribution < -0.4 is 11.1 Å². The Labute approximate surface area is 111 Å². The van der Waals surface area contributed by atoms with Gasteiger partial charge in [-0.05, 0) is 19.1 Å². The van der Waals surface area contributed by atoms with Crippen LogP contribution in [0, 0.1) is 17.0 Å². The predicted molar refractivity (Wildman–Crippen MR) is 70.1 cm³/mol. The standard InChI is InChI=1S/C10H9N5O3S/c1-5-13-14-10(19-5)12-9(16)7-4-6(11)2-3-8(7)15(17)18/h2-4H,11H2,1H3,(H,12,14,16). The molecule has 0 aliphatic carbocycles. The number of benzene rings is 1. The molecule has 0 aliphatic rings. The zero-order chi connectivity index (χ0) is 14.0. The van der Waals surface area contributed by atoms with Gasteiger partial charge in [-0.2, -0.15) is 0 Å². The predicted octanol–water partition coefficient (Wildman–Crippen LogP) is 1.59. The monoisotopic (exact) mass is 279 g/mol. The lowest BCUT2D eigenvalue weighted by Crippen LogP contribution is -2.14. The molecule has 1 amide bonds. The molecule has 0 aliphatic heterocycles. The maximum atomic E-state index is 12.0. The van der Waals surface area contributed by atoms with Crippen molar-refractivity contribution >= 4 is 33.8 Å². The molecule has 0 fully saturated rings. The summed E-state index contributed by atoms with van der Waals surface area (Å²) < 4.78 is 0. The smallest absolute Gasteiger partial charge is 0.282 e. The van der Waals surface area contributed by atoms with Gasteiger partial charge in [-0.3, -0.25) is 20.2 Å². The molecule has 9 heteroatoms. The van der Waals surface area contributed by atoms with Gasteiger partial charge in [0.2, 0.25) is 5.13 Å². The summed E-state index contributed by atoms with van der Waals surface area (Å²) in [5.41, 5.74) is 5.38. The number of nitrogens with one attached hydrogen (secondary N) is 1. The molecule has 0 unspecified atom stereocenters. The summed E-state index contributed by atoms with van der Waals surface area (Å²) in [5, 5.41) is 21.7. The molecular weight excluding hydrogens is 270 g/mol. The number of aromatic nitrogens is 2. The second-order valence-corrected chi connectivity index (χ2v) is 4.80. The Kier molecular flexibility index (Phi) is 3.38. The SMILES string of the molecule is Cc1nnc(NC(=O)c2cc(N)ccc2[N+](=O)[O-])s1. The highest BCUT2D eigenvalue weighted by atomic mass is 32.1. The number of nitro benzene ring substituents is 1. The van der Waals surface area contributed by atoms with Crippen molar-refractivity contribution in [2.24, 2.45) is 0 Å². The van der Waals surface area contributed by atoms with Gasteiger partial charge in [-0.25, -0.2) is 0 Å². The third-order valence-corrected chi connectivity index (χ3v) is 2.96. The second-order valence-electron chi connectivity index (χ2n) is 3.61. The van der Waals surface area contributed by atoms with Crippen molar-refractivity contribution in [3.05, 3.63) is 38.9 Å². The van der Waals surface area contributed by atoms with Crippen molar-refractivity contribution in [2.45, 2.75) is 6.92 Å². The molecule has 98 valence electrons. The van der Waals surface area contributed by atoms with E-state index in [1.54, 1.807) is 6.92 Å². The van der Waals surface area contributed by atoms with Crippen LogP contribution in [0.1, 0.15) is 15.4 Å². The van der Waals surface area contributed by atoms with Gasteiger partial charge in [0.25, 0.3) is 11.6 Å². The summed E-state index contributed by atoms with van der Waals surface area (Å²) in [6.45, 7) is 1.73. The van der Waals surface area contributed by atoms with Gasteiger partial charge in [0.05, 0.1) is 4.92 Å². The first-order chi connectivity index (χ1) is 8.97. The van der Waals surface area contributed by atoms with E-state index in [-0.39, 0.29) is 22.1 Å². The van der Waals surface area contributed by atoms with Crippen molar-refractivity contribution in [1.29, 1.82) is 0 Å². The number of hydrogen-bond donors (Lipinski definition) is 2. The Morgan fingerprint density at radius 3 is 2.79 bits per heavy atom. The highest BCUT2D eigenvalue weighted by Crippen LogP contribution is 2.23. The number of nitrogen functional groups attached to an aromatic ring is 1. The summed E-state index contributed by atoms with van der Waals surface area (Å²) in [7, 11) is 0. The Morgan fingerprint density at radius 2 is 2.21 bits per heavy atom. The van der Waals surface area contributed by atoms with Crippen LogP contribution in [-0.2, 0) is 0 Å². The minimum Gasteiger partial charge on any atom is -0.399 e. The first-order valence-corrected chi connectivity index (χ1v) is 5.94. The molecule has 19 heavy (non-hydrogen) atoms. The van der Waals surface area contributed by atoms with Gasteiger partial charge in [0.1, 0.15) is 10.6 Å². The molecule has 0 saturated heterocycles. The van der Waals surface area contributed by atoms with Crippen LogP contribution in [0.5, 0.6) is 0 Å². The van der Waals surface area contributed by atoms with E-state index in [1.165, 1.54) is 29.5 Å². The molecular formula is C10H9N5O3S. The van der Waals surface area contributed by atoms with Crippen LogP contribution in [0.2, 0.25) is 0 Å². The van der Waals surface area contributed by atoms with Crippen LogP contribution in [0.3, 0.4) is 0 Å². The highest BCUT2D eigenvalue weighted by Gasteiger charge is 2.21. The van der Waals surface area contributed by atoms with Gasteiger partial charge < -0.3 is 5.73 Å². The summed E-state index contributed by atoms with van der Waals surface area (Å²) in [6.07, 6.45) is 0. The lowest BCUT2D eigenvalue weighted by molar-refractivity contribution is -0.385. The maximum absolute atomic E-state index is 12.0. The summed E-state index contributed by atoms with van der Waals surface area (Å²) in [4.78, 5) is 22.2. The Morgan fingerprint density at radius 1 is 1.47 bits per heavy atom. The quantitative estimate of drug-likeness (QED) is 0.499. The number of aryl methyl sites for hydroxylation is 1. The molecule has 2 aromatic rings. The minimum atomic E-state index is -0.643. The van der Waals surface area contributed by atoms with Gasteiger partial charge in [0, 0.05) is 11.8 Å². The van der Waals surface area contributed by atoms with Crippen molar-refractivity contribution in [1.82, 2.24) is 10.2 Å². The third-order valence-electron chi connectivity index (χ3n) is 2.21. The topological polar surface area (TPSA) is 124 Å². The van der Waals surface area contributed by atoms with Crippen LogP contribution in [0.4, 0.5) is 16.5 Å². The van der Waals surface area contributed by atoms with Crippen molar-refractivity contribution in [3.63, 3.8) is 0 Å². The average molecular weight is 279 g/mol. The van der Waals surface area contributed by atoms with E-state index in [2.05, 4.69) is 15.5 Å². The van der Waals surface area contributed by atoms with Crippen molar-refractivity contribution in [3.8, 4) is 0 Å². The molecule has 0 saturated carbocycles. The molecule has 1 aromatic heterocycles. The Bertz CT molecular complexity index is 654. The highest BCUT2D eigenvalue weighted by molar-refractivity contribution is 7.15. The molecule has 0 radical (unpaired) electrons. The molecule has 0 spiro atoms. The summed E-state index contributed by atoms with van der Waals surface area (Å²) in [6, 6.07) is 3.81. The van der Waals surface area contributed by atoms with Crippen LogP contribution in [0.25, 0.3) is 0 Å². The van der Waals surface area contributed by atoms with Crippen LogP contribution in [0.15, 0.2) is 18.2 Å². The summed E-state index contributed by atoms with van der Waals surface area (Å²) >= 11 is 1.17. The molecule has 2 rings (SSSR count). The van der Waals surface area contributed by atoms with E-state index in [9.17, 15) is 14.9 Å². The molecule has 1 heterocycles. The number of carbonyl (C=O) groups is 1. The number of nitrogens with two attached hydrogens (primary N) is 1. The second kappa shape index (κ2) is 4.98. The number of rotatable bonds is 3. The van der Waals surface area contributed by atoms with Crippen molar-refractivity contribution < 1.29 is 9.72 Å². The van der Waals surface area contributed by atoms with E-state index < -0.39 is 10.8 Å². The van der Waals surface area contributed by atoms with Gasteiger partial charge in [-0.1, -0.05) is 11.3 Å². The lowest BCUT2D eigenvalue weighted by Gasteiger charge is -2.03. The van der Waals surface area contributed by atoms with Gasteiger partial charge >= 0.3 is 0 Å². The number of amides is 1. The fourth-order valence-corrected chi connectivity index (χ4v) is 1.99. The number of carbonyl (C=O) groups excluding carboxylic acids is 1. The molecule has 0 atom stereocenters. The fraction of sp³-hybridized carbons (Fsp3) is 0.100. The molecule has 0 bridgehead atoms. The van der Waals surface area contributed by atoms with Gasteiger partial charge in [-0.15, -0.1) is 10.2 Å². The first kappa shape index (κ1) is 12.9. The van der Waals surface area contributed by atoms with E-state index in [1.807, 2.05) is 0 Å². The Balaban J connectivity index is 2.32. The van der Waals surface area contributed by atoms with Gasteiger partial charge in [0.15, 0.2) is 0 Å². The number of anilines is 2. The number of hydrogen-bond acceptors (Lipinski definition) is 7. The zero-order valence-electron chi connectivity index (χ0n) is 9.78. The first-order valence-electron chi connectivity index (χ1n) is 5.13.